The van der Waals surface area contributed by atoms with Crippen molar-refractivity contribution in [3.63, 3.8) is 0 Å². The number of hydrogen-bond acceptors (Lipinski definition) is 2. The molecular formula is C18H26N2O. The molecule has 3 heteroatoms. The summed E-state index contributed by atoms with van der Waals surface area (Å²) in [5.41, 5.74) is 4.62. The zero-order valence-electron chi connectivity index (χ0n) is 13.4. The Bertz CT molecular complexity index is 491. The molecule has 1 fully saturated rings. The SMILES string of the molecule is CC(C)(C)c1ccc(C(=O)N/N=C\C2CCCCC2)cc1. The maximum Gasteiger partial charge on any atom is 0.271 e. The molecule has 3 nitrogen and oxygen atoms in total. The molecule has 1 aliphatic carbocycles. The predicted molar refractivity (Wildman–Crippen MR) is 87.7 cm³/mol. The standard InChI is InChI=1S/C18H26N2O/c1-18(2,3)16-11-9-15(10-12-16)17(21)20-19-13-14-7-5-4-6-8-14/h9-14H,4-8H2,1-3H3,(H,20,21)/b19-13-. The molecule has 0 bridgehead atoms. The van der Waals surface area contributed by atoms with E-state index in [1.54, 1.807) is 0 Å². The van der Waals surface area contributed by atoms with Gasteiger partial charge in [0.15, 0.2) is 0 Å². The summed E-state index contributed by atoms with van der Waals surface area (Å²) in [6.45, 7) is 6.49. The van der Waals surface area contributed by atoms with Crippen LogP contribution >= 0.6 is 0 Å². The summed E-state index contributed by atoms with van der Waals surface area (Å²) in [4.78, 5) is 12.0. The molecule has 0 atom stereocenters. The van der Waals surface area contributed by atoms with E-state index >= 15 is 0 Å². The number of rotatable bonds is 3. The second-order valence-corrected chi connectivity index (χ2v) is 6.94. The van der Waals surface area contributed by atoms with Crippen LogP contribution < -0.4 is 5.43 Å². The van der Waals surface area contributed by atoms with Crippen molar-refractivity contribution in [1.29, 1.82) is 0 Å². The zero-order valence-corrected chi connectivity index (χ0v) is 13.4. The highest BCUT2D eigenvalue weighted by Crippen LogP contribution is 2.22. The molecule has 0 spiro atoms. The number of carbonyl (C=O) groups excluding carboxylic acids is 1. The maximum absolute atomic E-state index is 12.0. The first-order chi connectivity index (χ1) is 9.97. The number of nitrogens with one attached hydrogen (secondary N) is 1. The first kappa shape index (κ1) is 15.7. The van der Waals surface area contributed by atoms with Crippen LogP contribution in [0.2, 0.25) is 0 Å². The average Bonchev–Trinajstić information content (AvgIpc) is 2.47. The van der Waals surface area contributed by atoms with Crippen molar-refractivity contribution in [2.75, 3.05) is 0 Å². The summed E-state index contributed by atoms with van der Waals surface area (Å²) >= 11 is 0. The fraction of sp³-hybridized carbons (Fsp3) is 0.556. The summed E-state index contributed by atoms with van der Waals surface area (Å²) < 4.78 is 0. The molecule has 0 radical (unpaired) electrons. The highest BCUT2D eigenvalue weighted by atomic mass is 16.2. The summed E-state index contributed by atoms with van der Waals surface area (Å²) in [7, 11) is 0. The fourth-order valence-electron chi connectivity index (χ4n) is 2.67. The molecule has 0 unspecified atom stereocenters. The smallest absolute Gasteiger partial charge is 0.267 e. The highest BCUT2D eigenvalue weighted by Gasteiger charge is 2.14. The Morgan fingerprint density at radius 2 is 1.76 bits per heavy atom. The van der Waals surface area contributed by atoms with Gasteiger partial charge in [0, 0.05) is 11.8 Å². The lowest BCUT2D eigenvalue weighted by Crippen LogP contribution is -2.19. The van der Waals surface area contributed by atoms with Gasteiger partial charge in [0.1, 0.15) is 0 Å². The van der Waals surface area contributed by atoms with Gasteiger partial charge >= 0.3 is 0 Å². The number of benzene rings is 1. The van der Waals surface area contributed by atoms with E-state index in [1.807, 2.05) is 30.5 Å². The van der Waals surface area contributed by atoms with Gasteiger partial charge in [0.2, 0.25) is 0 Å². The molecule has 1 amide bonds. The third-order valence-corrected chi connectivity index (χ3v) is 4.11. The minimum atomic E-state index is -0.137. The van der Waals surface area contributed by atoms with Gasteiger partial charge in [-0.1, -0.05) is 52.2 Å². The molecule has 114 valence electrons. The topological polar surface area (TPSA) is 41.5 Å². The molecule has 1 N–H and O–H groups in total. The molecule has 1 saturated carbocycles. The van der Waals surface area contributed by atoms with Crippen LogP contribution in [-0.4, -0.2) is 12.1 Å². The fourth-order valence-corrected chi connectivity index (χ4v) is 2.67. The van der Waals surface area contributed by atoms with Crippen molar-refractivity contribution in [3.8, 4) is 0 Å². The van der Waals surface area contributed by atoms with Crippen LogP contribution in [0.3, 0.4) is 0 Å². The van der Waals surface area contributed by atoms with Crippen LogP contribution in [0, 0.1) is 5.92 Å². The summed E-state index contributed by atoms with van der Waals surface area (Å²) in [6, 6.07) is 7.76. The second-order valence-electron chi connectivity index (χ2n) is 6.94. The zero-order chi connectivity index (χ0) is 15.3. The Morgan fingerprint density at radius 3 is 2.33 bits per heavy atom. The van der Waals surface area contributed by atoms with Gasteiger partial charge < -0.3 is 0 Å². The minimum absolute atomic E-state index is 0.105. The van der Waals surface area contributed by atoms with Crippen molar-refractivity contribution in [2.24, 2.45) is 11.0 Å². The molecule has 0 aromatic heterocycles. The lowest BCUT2D eigenvalue weighted by molar-refractivity contribution is 0.0955. The molecule has 1 aromatic carbocycles. The summed E-state index contributed by atoms with van der Waals surface area (Å²) in [6.07, 6.45) is 8.18. The normalized spacial score (nSPS) is 17.1. The quantitative estimate of drug-likeness (QED) is 0.654. The van der Waals surface area contributed by atoms with E-state index in [0.717, 1.165) is 0 Å². The van der Waals surface area contributed by atoms with Crippen LogP contribution in [0.4, 0.5) is 0 Å². The van der Waals surface area contributed by atoms with E-state index in [-0.39, 0.29) is 11.3 Å². The van der Waals surface area contributed by atoms with E-state index in [9.17, 15) is 4.79 Å². The molecule has 1 aromatic rings. The first-order valence-corrected chi connectivity index (χ1v) is 7.91. The highest BCUT2D eigenvalue weighted by molar-refractivity contribution is 5.94. The van der Waals surface area contributed by atoms with Crippen molar-refractivity contribution in [3.05, 3.63) is 35.4 Å². The van der Waals surface area contributed by atoms with E-state index in [4.69, 9.17) is 0 Å². The van der Waals surface area contributed by atoms with Crippen molar-refractivity contribution in [1.82, 2.24) is 5.43 Å². The van der Waals surface area contributed by atoms with E-state index in [2.05, 4.69) is 31.3 Å². The van der Waals surface area contributed by atoms with Gasteiger partial charge in [-0.15, -0.1) is 0 Å². The molecule has 1 aliphatic rings. The van der Waals surface area contributed by atoms with Gasteiger partial charge in [-0.3, -0.25) is 4.79 Å². The Balaban J connectivity index is 1.89. The Hall–Kier alpha value is -1.64. The van der Waals surface area contributed by atoms with Crippen molar-refractivity contribution >= 4 is 12.1 Å². The summed E-state index contributed by atoms with van der Waals surface area (Å²) in [5, 5.41) is 4.12. The molecule has 0 aliphatic heterocycles. The molecule has 0 saturated heterocycles. The van der Waals surface area contributed by atoms with Gasteiger partial charge in [-0.05, 0) is 41.9 Å². The average molecular weight is 286 g/mol. The lowest BCUT2D eigenvalue weighted by Gasteiger charge is -2.19. The van der Waals surface area contributed by atoms with Gasteiger partial charge in [-0.2, -0.15) is 5.10 Å². The maximum atomic E-state index is 12.0. The van der Waals surface area contributed by atoms with Crippen LogP contribution in [0.5, 0.6) is 0 Å². The van der Waals surface area contributed by atoms with E-state index < -0.39 is 0 Å². The third kappa shape index (κ3) is 4.69. The minimum Gasteiger partial charge on any atom is -0.267 e. The number of hydrogen-bond donors (Lipinski definition) is 1. The van der Waals surface area contributed by atoms with Gasteiger partial charge in [0.25, 0.3) is 5.91 Å². The van der Waals surface area contributed by atoms with Crippen LogP contribution in [0.15, 0.2) is 29.4 Å². The monoisotopic (exact) mass is 286 g/mol. The first-order valence-electron chi connectivity index (χ1n) is 7.91. The van der Waals surface area contributed by atoms with Crippen LogP contribution in [-0.2, 0) is 5.41 Å². The van der Waals surface area contributed by atoms with Crippen molar-refractivity contribution < 1.29 is 4.79 Å². The van der Waals surface area contributed by atoms with E-state index in [0.29, 0.717) is 11.5 Å². The van der Waals surface area contributed by atoms with Crippen LogP contribution in [0.1, 0.15) is 68.8 Å². The van der Waals surface area contributed by atoms with Crippen LogP contribution in [0.25, 0.3) is 0 Å². The van der Waals surface area contributed by atoms with Gasteiger partial charge in [-0.25, -0.2) is 5.43 Å². The van der Waals surface area contributed by atoms with Crippen molar-refractivity contribution in [2.45, 2.75) is 58.3 Å². The Labute approximate surface area is 127 Å². The lowest BCUT2D eigenvalue weighted by atomic mass is 9.87. The second kappa shape index (κ2) is 6.88. The third-order valence-electron chi connectivity index (χ3n) is 4.11. The molecule has 21 heavy (non-hydrogen) atoms. The molecule has 2 rings (SSSR count). The Kier molecular flexibility index (Phi) is 5.16. The predicted octanol–water partition coefficient (Wildman–Crippen LogP) is 4.28. The number of carbonyl (C=O) groups is 1. The molecular weight excluding hydrogens is 260 g/mol. The number of amides is 1. The largest absolute Gasteiger partial charge is 0.271 e. The Morgan fingerprint density at radius 1 is 1.14 bits per heavy atom. The summed E-state index contributed by atoms with van der Waals surface area (Å²) in [5.74, 6) is 0.393. The number of hydrazone groups is 1. The van der Waals surface area contributed by atoms with Gasteiger partial charge in [0.05, 0.1) is 0 Å². The number of nitrogens with zero attached hydrogens (tertiary/aromatic N) is 1. The molecule has 0 heterocycles. The van der Waals surface area contributed by atoms with E-state index in [1.165, 1.54) is 37.7 Å².